The number of nitro benzene ring substituents is 1. The Balaban J connectivity index is 1.85. The Morgan fingerprint density at radius 2 is 1.30 bits per heavy atom. The van der Waals surface area contributed by atoms with Crippen LogP contribution in [0.25, 0.3) is 0 Å². The predicted molar refractivity (Wildman–Crippen MR) is 116 cm³/mol. The summed E-state index contributed by atoms with van der Waals surface area (Å²) in [6.07, 6.45) is 3.26. The van der Waals surface area contributed by atoms with Gasteiger partial charge in [0.15, 0.2) is 0 Å². The molecule has 0 bridgehead atoms. The Morgan fingerprint density at radius 3 is 1.81 bits per heavy atom. The lowest BCUT2D eigenvalue weighted by Crippen LogP contribution is -1.89. The molecule has 0 aliphatic rings. The molecule has 7 heteroatoms. The van der Waals surface area contributed by atoms with Gasteiger partial charge in [-0.3, -0.25) is 15.1 Å². The van der Waals surface area contributed by atoms with Gasteiger partial charge >= 0.3 is 0 Å². The topological polar surface area (TPSA) is 67.9 Å². The van der Waals surface area contributed by atoms with E-state index >= 15 is 0 Å². The summed E-state index contributed by atoms with van der Waals surface area (Å²) in [6, 6.07) is 19.9. The van der Waals surface area contributed by atoms with Gasteiger partial charge in [0, 0.05) is 27.4 Å². The molecule has 0 amide bonds. The summed E-state index contributed by atoms with van der Waals surface area (Å²) < 4.78 is 1.93. The zero-order valence-corrected chi connectivity index (χ0v) is 17.1. The first kappa shape index (κ1) is 19.1. The van der Waals surface area contributed by atoms with Crippen LogP contribution in [0.5, 0.6) is 0 Å². The van der Waals surface area contributed by atoms with Crippen LogP contribution in [-0.4, -0.2) is 17.4 Å². The number of nitro groups is 1. The Bertz CT molecular complexity index is 1010. The second kappa shape index (κ2) is 8.83. The summed E-state index contributed by atoms with van der Waals surface area (Å²) in [5, 5.41) is 11.4. The molecule has 0 unspecified atom stereocenters. The van der Waals surface area contributed by atoms with Gasteiger partial charge in [0.1, 0.15) is 5.69 Å². The van der Waals surface area contributed by atoms with Crippen molar-refractivity contribution in [2.24, 2.45) is 9.98 Å². The first-order valence-electron chi connectivity index (χ1n) is 7.89. The van der Waals surface area contributed by atoms with Crippen molar-refractivity contribution in [3.8, 4) is 0 Å². The number of halogens is 2. The number of aliphatic imine (C=N–C) groups is 2. The molecule has 134 valence electrons. The van der Waals surface area contributed by atoms with Crippen LogP contribution in [0.3, 0.4) is 0 Å². The highest BCUT2D eigenvalue weighted by Crippen LogP contribution is 2.31. The molecule has 0 aliphatic heterocycles. The average Bonchev–Trinajstić information content (AvgIpc) is 2.67. The summed E-state index contributed by atoms with van der Waals surface area (Å²) in [6.45, 7) is 0. The zero-order valence-electron chi connectivity index (χ0n) is 13.9. The van der Waals surface area contributed by atoms with Crippen molar-refractivity contribution in [1.82, 2.24) is 0 Å². The highest BCUT2D eigenvalue weighted by Gasteiger charge is 2.13. The van der Waals surface area contributed by atoms with E-state index in [1.807, 2.05) is 48.5 Å². The summed E-state index contributed by atoms with van der Waals surface area (Å²) in [4.78, 5) is 19.5. The quantitative estimate of drug-likeness (QED) is 0.231. The van der Waals surface area contributed by atoms with Gasteiger partial charge in [-0.2, -0.15) is 0 Å². The maximum atomic E-state index is 11.4. The van der Waals surface area contributed by atoms with Crippen LogP contribution < -0.4 is 0 Å². The minimum absolute atomic E-state index is 0.0891. The van der Waals surface area contributed by atoms with E-state index < -0.39 is 4.92 Å². The molecule has 3 rings (SSSR count). The van der Waals surface area contributed by atoms with Crippen molar-refractivity contribution < 1.29 is 4.92 Å². The van der Waals surface area contributed by atoms with Gasteiger partial charge < -0.3 is 0 Å². The summed E-state index contributed by atoms with van der Waals surface area (Å²) in [7, 11) is 0. The molecule has 0 fully saturated rings. The van der Waals surface area contributed by atoms with Gasteiger partial charge in [-0.25, -0.2) is 4.99 Å². The van der Waals surface area contributed by atoms with Crippen LogP contribution in [0.15, 0.2) is 85.7 Å². The van der Waals surface area contributed by atoms with Crippen molar-refractivity contribution in [3.63, 3.8) is 0 Å². The highest BCUT2D eigenvalue weighted by molar-refractivity contribution is 9.10. The van der Waals surface area contributed by atoms with Gasteiger partial charge in [0.2, 0.25) is 0 Å². The number of hydrogen-bond acceptors (Lipinski definition) is 4. The molecule has 0 spiro atoms. The van der Waals surface area contributed by atoms with E-state index in [1.54, 1.807) is 24.6 Å². The third kappa shape index (κ3) is 5.42. The van der Waals surface area contributed by atoms with Gasteiger partial charge in [-0.05, 0) is 47.5 Å². The van der Waals surface area contributed by atoms with E-state index in [2.05, 4.69) is 41.8 Å². The fourth-order valence-electron chi connectivity index (χ4n) is 2.24. The molecule has 0 aromatic heterocycles. The maximum Gasteiger partial charge on any atom is 0.296 e. The van der Waals surface area contributed by atoms with Gasteiger partial charge in [-0.15, -0.1) is 0 Å². The fourth-order valence-corrected chi connectivity index (χ4v) is 2.77. The first-order valence-corrected chi connectivity index (χ1v) is 9.47. The van der Waals surface area contributed by atoms with E-state index in [-0.39, 0.29) is 11.4 Å². The molecule has 0 heterocycles. The summed E-state index contributed by atoms with van der Waals surface area (Å²) in [5.41, 5.74) is 2.44. The van der Waals surface area contributed by atoms with Crippen molar-refractivity contribution in [3.05, 3.63) is 96.9 Å². The number of benzene rings is 3. The molecular weight excluding hydrogens is 474 g/mol. The van der Waals surface area contributed by atoms with Gasteiger partial charge in [0.05, 0.1) is 10.6 Å². The number of rotatable bonds is 5. The van der Waals surface area contributed by atoms with Gasteiger partial charge in [0.25, 0.3) is 5.69 Å². The van der Waals surface area contributed by atoms with Crippen LogP contribution in [0.1, 0.15) is 11.1 Å². The Hall–Kier alpha value is -2.64. The average molecular weight is 487 g/mol. The number of nitrogens with zero attached hydrogens (tertiary/aromatic N) is 3. The molecule has 0 N–H and O–H groups in total. The molecule has 0 saturated heterocycles. The highest BCUT2D eigenvalue weighted by atomic mass is 79.9. The zero-order chi connectivity index (χ0) is 19.2. The predicted octanol–water partition coefficient (Wildman–Crippen LogP) is 6.62. The fraction of sp³-hybridized carbons (Fsp3) is 0. The summed E-state index contributed by atoms with van der Waals surface area (Å²) >= 11 is 6.74. The largest absolute Gasteiger partial charge is 0.296 e. The second-order valence-electron chi connectivity index (χ2n) is 5.55. The summed E-state index contributed by atoms with van der Waals surface area (Å²) in [5.74, 6) is 0. The monoisotopic (exact) mass is 485 g/mol. The third-order valence-electron chi connectivity index (χ3n) is 3.61. The van der Waals surface area contributed by atoms with Crippen LogP contribution in [0.4, 0.5) is 17.1 Å². The van der Waals surface area contributed by atoms with Crippen LogP contribution in [0, 0.1) is 10.1 Å². The van der Waals surface area contributed by atoms with Crippen LogP contribution >= 0.6 is 31.9 Å². The molecule has 5 nitrogen and oxygen atoms in total. The molecule has 0 atom stereocenters. The molecule has 0 aliphatic carbocycles. The first-order chi connectivity index (χ1) is 13.0. The molecule has 27 heavy (non-hydrogen) atoms. The lowest BCUT2D eigenvalue weighted by molar-refractivity contribution is -0.384. The van der Waals surface area contributed by atoms with E-state index in [9.17, 15) is 10.1 Å². The number of hydrogen-bond donors (Lipinski definition) is 0. The van der Waals surface area contributed by atoms with E-state index in [1.165, 1.54) is 6.07 Å². The van der Waals surface area contributed by atoms with Crippen molar-refractivity contribution in [2.75, 3.05) is 0 Å². The normalized spacial score (nSPS) is 11.3. The Morgan fingerprint density at radius 1 is 0.778 bits per heavy atom. The molecule has 3 aromatic carbocycles. The molecule has 0 saturated carbocycles. The minimum atomic E-state index is -0.451. The molecular formula is C20H13Br2N3O2. The Kier molecular flexibility index (Phi) is 6.26. The maximum absolute atomic E-state index is 11.4. The lowest BCUT2D eigenvalue weighted by Gasteiger charge is -2.00. The Labute approximate surface area is 172 Å². The van der Waals surface area contributed by atoms with Crippen molar-refractivity contribution >= 4 is 61.4 Å². The SMILES string of the molecule is O=[N+]([O-])c1cc(N=Cc2ccc(Br)cc2)ccc1N=Cc1ccc(Br)cc1. The van der Waals surface area contributed by atoms with Crippen molar-refractivity contribution in [1.29, 1.82) is 0 Å². The third-order valence-corrected chi connectivity index (χ3v) is 4.67. The van der Waals surface area contributed by atoms with Crippen LogP contribution in [0.2, 0.25) is 0 Å². The van der Waals surface area contributed by atoms with Crippen molar-refractivity contribution in [2.45, 2.75) is 0 Å². The van der Waals surface area contributed by atoms with Crippen LogP contribution in [-0.2, 0) is 0 Å². The second-order valence-corrected chi connectivity index (χ2v) is 7.38. The van der Waals surface area contributed by atoms with E-state index in [4.69, 9.17) is 0 Å². The minimum Gasteiger partial charge on any atom is -0.258 e. The van der Waals surface area contributed by atoms with Gasteiger partial charge in [-0.1, -0.05) is 56.1 Å². The van der Waals surface area contributed by atoms with E-state index in [0.717, 1.165) is 20.1 Å². The molecule has 3 aromatic rings. The standard InChI is InChI=1S/C20H13Br2N3O2/c21-16-5-1-14(2-6-16)12-23-18-9-10-19(20(11-18)25(26)27)24-13-15-3-7-17(22)8-4-15/h1-13H. The van der Waals surface area contributed by atoms with E-state index in [0.29, 0.717) is 5.69 Å². The lowest BCUT2D eigenvalue weighted by atomic mass is 10.2. The smallest absolute Gasteiger partial charge is 0.258 e. The molecule has 0 radical (unpaired) electrons.